The first kappa shape index (κ1) is 11.3. The number of aromatic hydroxyl groups is 1. The Morgan fingerprint density at radius 1 is 1.06 bits per heavy atom. The van der Waals surface area contributed by atoms with Gasteiger partial charge in [0.25, 0.3) is 0 Å². The normalized spacial score (nSPS) is 17.8. The zero-order chi connectivity index (χ0) is 12.7. The van der Waals surface area contributed by atoms with Gasteiger partial charge in [-0.2, -0.15) is 0 Å². The van der Waals surface area contributed by atoms with Gasteiger partial charge in [-0.05, 0) is 65.6 Å². The molecule has 0 spiro atoms. The third-order valence-corrected chi connectivity index (χ3v) is 4.05. The smallest absolute Gasteiger partial charge is 0.118 e. The van der Waals surface area contributed by atoms with Crippen LogP contribution in [0.1, 0.15) is 36.0 Å². The largest absolute Gasteiger partial charge is 0.508 e. The van der Waals surface area contributed by atoms with E-state index in [0.29, 0.717) is 11.7 Å². The quantitative estimate of drug-likeness (QED) is 0.779. The van der Waals surface area contributed by atoms with Crippen molar-refractivity contribution in [3.63, 3.8) is 0 Å². The van der Waals surface area contributed by atoms with Crippen molar-refractivity contribution in [1.82, 2.24) is 0 Å². The molecule has 0 fully saturated rings. The maximum Gasteiger partial charge on any atom is 0.118 e. The lowest BCUT2D eigenvalue weighted by Gasteiger charge is -2.08. The molecular weight excluding hydrogens is 220 g/mol. The van der Waals surface area contributed by atoms with Gasteiger partial charge in [0.05, 0.1) is 0 Å². The van der Waals surface area contributed by atoms with Crippen LogP contribution in [0, 0.1) is 6.92 Å². The van der Waals surface area contributed by atoms with Crippen molar-refractivity contribution >= 4 is 0 Å². The summed E-state index contributed by atoms with van der Waals surface area (Å²) in [6.07, 6.45) is 2.47. The van der Waals surface area contributed by atoms with Gasteiger partial charge in [0.2, 0.25) is 0 Å². The molecule has 0 bridgehead atoms. The fraction of sp³-hybridized carbons (Fsp3) is 0.294. The molecule has 18 heavy (non-hydrogen) atoms. The van der Waals surface area contributed by atoms with Gasteiger partial charge in [-0.3, -0.25) is 0 Å². The Kier molecular flexibility index (Phi) is 2.62. The van der Waals surface area contributed by atoms with Gasteiger partial charge in [-0.15, -0.1) is 0 Å². The number of rotatable bonds is 1. The van der Waals surface area contributed by atoms with Gasteiger partial charge in [0.1, 0.15) is 5.75 Å². The van der Waals surface area contributed by atoms with E-state index < -0.39 is 0 Å². The van der Waals surface area contributed by atoms with E-state index >= 15 is 0 Å². The summed E-state index contributed by atoms with van der Waals surface area (Å²) >= 11 is 0. The maximum atomic E-state index is 9.58. The van der Waals surface area contributed by atoms with Crippen LogP contribution < -0.4 is 0 Å². The maximum absolute atomic E-state index is 9.58. The summed E-state index contributed by atoms with van der Waals surface area (Å²) in [6, 6.07) is 12.6. The first-order valence-electron chi connectivity index (χ1n) is 6.58. The van der Waals surface area contributed by atoms with E-state index in [0.717, 1.165) is 5.56 Å². The molecule has 0 radical (unpaired) electrons. The Morgan fingerprint density at radius 2 is 1.78 bits per heavy atom. The topological polar surface area (TPSA) is 20.2 Å². The van der Waals surface area contributed by atoms with Gasteiger partial charge in [-0.1, -0.05) is 31.2 Å². The van der Waals surface area contributed by atoms with E-state index in [2.05, 4.69) is 31.2 Å². The summed E-state index contributed by atoms with van der Waals surface area (Å²) in [4.78, 5) is 0. The summed E-state index contributed by atoms with van der Waals surface area (Å²) in [6.45, 7) is 4.24. The molecule has 0 aromatic heterocycles. The van der Waals surface area contributed by atoms with E-state index in [1.165, 1.54) is 35.1 Å². The first-order valence-corrected chi connectivity index (χ1v) is 6.58. The van der Waals surface area contributed by atoms with Crippen molar-refractivity contribution in [1.29, 1.82) is 0 Å². The lowest BCUT2D eigenvalue weighted by atomic mass is 9.97. The molecule has 2 aromatic rings. The molecule has 0 saturated heterocycles. The van der Waals surface area contributed by atoms with Crippen LogP contribution in [-0.4, -0.2) is 5.11 Å². The van der Waals surface area contributed by atoms with Gasteiger partial charge in [-0.25, -0.2) is 0 Å². The van der Waals surface area contributed by atoms with E-state index in [4.69, 9.17) is 0 Å². The molecule has 1 aliphatic rings. The second-order valence-electron chi connectivity index (χ2n) is 5.35. The lowest BCUT2D eigenvalue weighted by molar-refractivity contribution is 0.471. The lowest BCUT2D eigenvalue weighted by Crippen LogP contribution is -1.87. The Bertz CT molecular complexity index is 599. The van der Waals surface area contributed by atoms with Crippen LogP contribution >= 0.6 is 0 Å². The third-order valence-electron chi connectivity index (χ3n) is 4.05. The summed E-state index contributed by atoms with van der Waals surface area (Å²) < 4.78 is 0. The van der Waals surface area contributed by atoms with Crippen LogP contribution in [0.4, 0.5) is 0 Å². The number of hydrogen-bond donors (Lipinski definition) is 1. The Hall–Kier alpha value is -1.76. The predicted molar refractivity (Wildman–Crippen MR) is 75.0 cm³/mol. The Balaban J connectivity index is 2.05. The number of fused-ring (bicyclic) bond motifs is 1. The molecule has 2 aromatic carbocycles. The monoisotopic (exact) mass is 238 g/mol. The van der Waals surface area contributed by atoms with E-state index in [9.17, 15) is 5.11 Å². The van der Waals surface area contributed by atoms with Crippen LogP contribution in [0.25, 0.3) is 11.1 Å². The molecule has 0 heterocycles. The van der Waals surface area contributed by atoms with Gasteiger partial charge in [0, 0.05) is 0 Å². The fourth-order valence-electron chi connectivity index (χ4n) is 2.85. The highest BCUT2D eigenvalue weighted by atomic mass is 16.3. The summed E-state index contributed by atoms with van der Waals surface area (Å²) in [5, 5.41) is 9.58. The van der Waals surface area contributed by atoms with Crippen molar-refractivity contribution in [2.45, 2.75) is 32.6 Å². The van der Waals surface area contributed by atoms with Crippen molar-refractivity contribution in [3.05, 3.63) is 53.1 Å². The predicted octanol–water partition coefficient (Wildman–Crippen LogP) is 4.42. The summed E-state index contributed by atoms with van der Waals surface area (Å²) in [7, 11) is 0. The minimum atomic E-state index is 0.369. The van der Waals surface area contributed by atoms with Crippen LogP contribution in [0.3, 0.4) is 0 Å². The molecule has 0 aliphatic heterocycles. The molecular formula is C17H18O. The third kappa shape index (κ3) is 1.80. The highest BCUT2D eigenvalue weighted by molar-refractivity contribution is 5.67. The van der Waals surface area contributed by atoms with Crippen molar-refractivity contribution in [3.8, 4) is 16.9 Å². The number of hydrogen-bond acceptors (Lipinski definition) is 1. The highest BCUT2D eigenvalue weighted by Gasteiger charge is 2.18. The summed E-state index contributed by atoms with van der Waals surface area (Å²) in [5.74, 6) is 1.07. The van der Waals surface area contributed by atoms with Crippen LogP contribution in [0.15, 0.2) is 36.4 Å². The van der Waals surface area contributed by atoms with Crippen LogP contribution in [0.5, 0.6) is 5.75 Å². The Labute approximate surface area is 108 Å². The number of phenols is 1. The molecule has 0 unspecified atom stereocenters. The number of aryl methyl sites for hydroxylation is 2. The average Bonchev–Trinajstić information content (AvgIpc) is 2.74. The molecule has 1 N–H and O–H groups in total. The van der Waals surface area contributed by atoms with Crippen LogP contribution in [0.2, 0.25) is 0 Å². The molecule has 1 atom stereocenters. The molecule has 1 heteroatoms. The summed E-state index contributed by atoms with van der Waals surface area (Å²) in [5.41, 5.74) is 6.37. The minimum absolute atomic E-state index is 0.369. The van der Waals surface area contributed by atoms with Gasteiger partial charge in [0.15, 0.2) is 0 Å². The van der Waals surface area contributed by atoms with Gasteiger partial charge < -0.3 is 5.11 Å². The molecule has 0 saturated carbocycles. The van der Waals surface area contributed by atoms with Crippen molar-refractivity contribution < 1.29 is 5.11 Å². The molecule has 1 aliphatic carbocycles. The molecule has 3 rings (SSSR count). The van der Waals surface area contributed by atoms with E-state index in [1.54, 1.807) is 6.07 Å². The molecule has 92 valence electrons. The first-order chi connectivity index (χ1) is 8.65. The molecule has 1 nitrogen and oxygen atoms in total. The van der Waals surface area contributed by atoms with E-state index in [-0.39, 0.29) is 0 Å². The highest BCUT2D eigenvalue weighted by Crippen LogP contribution is 2.35. The Morgan fingerprint density at radius 3 is 2.56 bits per heavy atom. The molecule has 0 amide bonds. The van der Waals surface area contributed by atoms with E-state index in [1.807, 2.05) is 13.0 Å². The standard InChI is InChI=1S/C17H18O/c1-11-3-4-15-10-14(5-7-16(11)15)13-6-8-17(18)12(2)9-13/h5-11,18H,3-4H2,1-2H3/t11-/m0/s1. The number of phenolic OH excluding ortho intramolecular Hbond substituents is 1. The number of benzene rings is 2. The minimum Gasteiger partial charge on any atom is -0.508 e. The van der Waals surface area contributed by atoms with Gasteiger partial charge >= 0.3 is 0 Å². The SMILES string of the molecule is Cc1cc(-c2ccc3c(c2)CC[C@@H]3C)ccc1O. The second-order valence-corrected chi connectivity index (χ2v) is 5.35. The zero-order valence-corrected chi connectivity index (χ0v) is 10.9. The zero-order valence-electron chi connectivity index (χ0n) is 10.9. The van der Waals surface area contributed by atoms with Crippen molar-refractivity contribution in [2.75, 3.05) is 0 Å². The fourth-order valence-corrected chi connectivity index (χ4v) is 2.85. The van der Waals surface area contributed by atoms with Crippen LogP contribution in [-0.2, 0) is 6.42 Å². The van der Waals surface area contributed by atoms with Crippen molar-refractivity contribution in [2.24, 2.45) is 0 Å². The second kappa shape index (κ2) is 4.16. The average molecular weight is 238 g/mol.